The van der Waals surface area contributed by atoms with Crippen LogP contribution in [0.15, 0.2) is 30.3 Å². The first-order valence-electron chi connectivity index (χ1n) is 7.34. The zero-order valence-electron chi connectivity index (χ0n) is 13.0. The van der Waals surface area contributed by atoms with Gasteiger partial charge in [-0.1, -0.05) is 51.1 Å². The first kappa shape index (κ1) is 15.9. The maximum Gasteiger partial charge on any atom is 0.205 e. The number of hydrogen-bond donors (Lipinski definition) is 1. The minimum Gasteiger partial charge on any atom is -0.342 e. The van der Waals surface area contributed by atoms with Gasteiger partial charge in [-0.2, -0.15) is 4.37 Å². The highest BCUT2D eigenvalue weighted by atomic mass is 32.1. The summed E-state index contributed by atoms with van der Waals surface area (Å²) < 4.78 is 4.52. The topological polar surface area (TPSA) is 55.0 Å². The molecule has 114 valence electrons. The summed E-state index contributed by atoms with van der Waals surface area (Å²) in [5, 5.41) is 0.984. The molecule has 2 aromatic rings. The summed E-state index contributed by atoms with van der Waals surface area (Å²) in [4.78, 5) is 7.00. The fourth-order valence-electron chi connectivity index (χ4n) is 1.98. The molecule has 0 saturated heterocycles. The Balaban J connectivity index is 2.17. The van der Waals surface area contributed by atoms with Gasteiger partial charge in [0.25, 0.3) is 0 Å². The van der Waals surface area contributed by atoms with Gasteiger partial charge < -0.3 is 10.6 Å². The standard InChI is InChI=1S/C16H24N4S/c1-16(2,3)14-18-15(21-19-14)20(11-7-10-17)12-13-8-5-4-6-9-13/h4-6,8-9H,7,10-12,17H2,1-3H3. The number of hydrogen-bond acceptors (Lipinski definition) is 5. The van der Waals surface area contributed by atoms with Crippen LogP contribution in [0.1, 0.15) is 38.6 Å². The lowest BCUT2D eigenvalue weighted by Gasteiger charge is -2.21. The highest BCUT2D eigenvalue weighted by molar-refractivity contribution is 7.09. The molecule has 0 bridgehead atoms. The van der Waals surface area contributed by atoms with Crippen molar-refractivity contribution in [2.45, 2.75) is 39.2 Å². The maximum absolute atomic E-state index is 5.66. The Morgan fingerprint density at radius 2 is 1.90 bits per heavy atom. The SMILES string of the molecule is CC(C)(C)c1nsc(N(CCCN)Cc2ccccc2)n1. The van der Waals surface area contributed by atoms with Gasteiger partial charge in [0.2, 0.25) is 5.13 Å². The molecule has 0 unspecified atom stereocenters. The van der Waals surface area contributed by atoms with Crippen molar-refractivity contribution in [2.75, 3.05) is 18.0 Å². The molecule has 21 heavy (non-hydrogen) atoms. The fraction of sp³-hybridized carbons (Fsp3) is 0.500. The maximum atomic E-state index is 5.66. The Morgan fingerprint density at radius 1 is 1.19 bits per heavy atom. The van der Waals surface area contributed by atoms with Crippen molar-refractivity contribution >= 4 is 16.7 Å². The van der Waals surface area contributed by atoms with Crippen molar-refractivity contribution in [3.8, 4) is 0 Å². The largest absolute Gasteiger partial charge is 0.342 e. The summed E-state index contributed by atoms with van der Waals surface area (Å²) in [5.74, 6) is 0.910. The third kappa shape index (κ3) is 4.51. The Labute approximate surface area is 131 Å². The van der Waals surface area contributed by atoms with Crippen LogP contribution >= 0.6 is 11.5 Å². The predicted molar refractivity (Wildman–Crippen MR) is 89.8 cm³/mol. The van der Waals surface area contributed by atoms with Crippen molar-refractivity contribution in [1.82, 2.24) is 9.36 Å². The second kappa shape index (κ2) is 7.00. The fourth-order valence-corrected chi connectivity index (χ4v) is 2.86. The number of benzene rings is 1. The highest BCUT2D eigenvalue weighted by Crippen LogP contribution is 2.26. The Bertz CT molecular complexity index is 545. The minimum atomic E-state index is -0.0129. The van der Waals surface area contributed by atoms with Gasteiger partial charge >= 0.3 is 0 Å². The number of rotatable bonds is 6. The van der Waals surface area contributed by atoms with E-state index in [0.717, 1.165) is 30.5 Å². The molecule has 1 aromatic heterocycles. The van der Waals surface area contributed by atoms with Gasteiger partial charge in [-0.05, 0) is 18.5 Å². The third-order valence-corrected chi connectivity index (χ3v) is 3.98. The second-order valence-corrected chi connectivity index (χ2v) is 6.93. The van der Waals surface area contributed by atoms with Gasteiger partial charge in [0.1, 0.15) is 5.82 Å². The van der Waals surface area contributed by atoms with E-state index in [-0.39, 0.29) is 5.41 Å². The van der Waals surface area contributed by atoms with Gasteiger partial charge in [0.15, 0.2) is 0 Å². The molecule has 0 atom stereocenters. The van der Waals surface area contributed by atoms with E-state index < -0.39 is 0 Å². The van der Waals surface area contributed by atoms with Crippen molar-refractivity contribution in [1.29, 1.82) is 0 Å². The lowest BCUT2D eigenvalue weighted by Crippen LogP contribution is -2.26. The molecular weight excluding hydrogens is 280 g/mol. The molecule has 0 aliphatic carbocycles. The molecule has 2 rings (SSSR count). The zero-order chi connectivity index (χ0) is 15.3. The summed E-state index contributed by atoms with van der Waals surface area (Å²) in [6.07, 6.45) is 0.956. The van der Waals surface area contributed by atoms with Crippen LogP contribution in [0.2, 0.25) is 0 Å². The molecule has 0 spiro atoms. The third-order valence-electron chi connectivity index (χ3n) is 3.21. The van der Waals surface area contributed by atoms with Gasteiger partial charge in [-0.25, -0.2) is 4.98 Å². The second-order valence-electron chi connectivity index (χ2n) is 6.20. The Morgan fingerprint density at radius 3 is 2.48 bits per heavy atom. The van der Waals surface area contributed by atoms with Gasteiger partial charge in [-0.15, -0.1) is 0 Å². The molecular formula is C16H24N4S. The molecule has 4 nitrogen and oxygen atoms in total. The molecule has 0 radical (unpaired) electrons. The highest BCUT2D eigenvalue weighted by Gasteiger charge is 2.21. The van der Waals surface area contributed by atoms with Crippen LogP contribution in [0, 0.1) is 0 Å². The van der Waals surface area contributed by atoms with Crippen LogP contribution < -0.4 is 10.6 Å². The van der Waals surface area contributed by atoms with E-state index in [1.807, 2.05) is 6.07 Å². The van der Waals surface area contributed by atoms with Crippen LogP contribution in [0.4, 0.5) is 5.13 Å². The molecule has 0 saturated carbocycles. The normalized spacial score (nSPS) is 11.6. The quantitative estimate of drug-likeness (QED) is 0.890. The predicted octanol–water partition coefficient (Wildman–Crippen LogP) is 3.19. The van der Waals surface area contributed by atoms with Gasteiger partial charge in [-0.3, -0.25) is 0 Å². The summed E-state index contributed by atoms with van der Waals surface area (Å²) >= 11 is 1.48. The summed E-state index contributed by atoms with van der Waals surface area (Å²) in [6.45, 7) is 8.86. The smallest absolute Gasteiger partial charge is 0.205 e. The van der Waals surface area contributed by atoms with Gasteiger partial charge in [0, 0.05) is 30.0 Å². The first-order chi connectivity index (χ1) is 10.0. The van der Waals surface area contributed by atoms with Crippen molar-refractivity contribution < 1.29 is 0 Å². The molecule has 2 N–H and O–H groups in total. The van der Waals surface area contributed by atoms with Crippen molar-refractivity contribution in [2.24, 2.45) is 5.73 Å². The van der Waals surface area contributed by atoms with E-state index in [1.165, 1.54) is 17.1 Å². The van der Waals surface area contributed by atoms with Crippen LogP contribution in [0.25, 0.3) is 0 Å². The molecule has 1 heterocycles. The summed E-state index contributed by atoms with van der Waals surface area (Å²) in [6, 6.07) is 10.5. The van der Waals surface area contributed by atoms with E-state index in [1.54, 1.807) is 0 Å². The van der Waals surface area contributed by atoms with E-state index in [2.05, 4.69) is 54.3 Å². The van der Waals surface area contributed by atoms with E-state index in [9.17, 15) is 0 Å². The van der Waals surface area contributed by atoms with E-state index in [4.69, 9.17) is 10.7 Å². The average Bonchev–Trinajstić information content (AvgIpc) is 2.94. The first-order valence-corrected chi connectivity index (χ1v) is 8.11. The van der Waals surface area contributed by atoms with E-state index >= 15 is 0 Å². The Hall–Kier alpha value is -1.46. The molecule has 0 fully saturated rings. The minimum absolute atomic E-state index is 0.0129. The Kier molecular flexibility index (Phi) is 5.31. The van der Waals surface area contributed by atoms with Crippen LogP contribution in [-0.4, -0.2) is 22.4 Å². The monoisotopic (exact) mass is 304 g/mol. The number of nitrogens with zero attached hydrogens (tertiary/aromatic N) is 3. The van der Waals surface area contributed by atoms with Crippen LogP contribution in [0.5, 0.6) is 0 Å². The number of aromatic nitrogens is 2. The lowest BCUT2D eigenvalue weighted by atomic mass is 9.96. The molecule has 0 amide bonds. The van der Waals surface area contributed by atoms with Gasteiger partial charge in [0.05, 0.1) is 0 Å². The summed E-state index contributed by atoms with van der Waals surface area (Å²) in [5.41, 5.74) is 6.93. The molecule has 1 aromatic carbocycles. The van der Waals surface area contributed by atoms with Crippen molar-refractivity contribution in [3.63, 3.8) is 0 Å². The average molecular weight is 304 g/mol. The molecule has 0 aliphatic rings. The number of anilines is 1. The lowest BCUT2D eigenvalue weighted by molar-refractivity contribution is 0.553. The number of nitrogens with two attached hydrogens (primary N) is 1. The van der Waals surface area contributed by atoms with Crippen LogP contribution in [0.3, 0.4) is 0 Å². The van der Waals surface area contributed by atoms with Crippen LogP contribution in [-0.2, 0) is 12.0 Å². The van der Waals surface area contributed by atoms with Crippen molar-refractivity contribution in [3.05, 3.63) is 41.7 Å². The molecule has 5 heteroatoms. The van der Waals surface area contributed by atoms with E-state index in [0.29, 0.717) is 6.54 Å². The molecule has 0 aliphatic heterocycles. The summed E-state index contributed by atoms with van der Waals surface area (Å²) in [7, 11) is 0. The zero-order valence-corrected chi connectivity index (χ0v) is 13.9.